The average Bonchev–Trinajstić information content (AvgIpc) is 4.15. The Morgan fingerprint density at radius 1 is 0.258 bits per heavy atom. The van der Waals surface area contributed by atoms with Crippen LogP contribution < -0.4 is 19.6 Å². The molecule has 0 radical (unpaired) electrons. The van der Waals surface area contributed by atoms with Crippen molar-refractivity contribution in [2.45, 2.75) is 26.2 Å². The second-order valence-corrected chi connectivity index (χ2v) is 15.6. The van der Waals surface area contributed by atoms with Crippen molar-refractivity contribution in [3.8, 4) is 0 Å². The zero-order valence-electron chi connectivity index (χ0n) is 34.8. The van der Waals surface area contributed by atoms with Crippen LogP contribution in [0.5, 0.6) is 0 Å². The molecule has 6 aromatic carbocycles. The maximum absolute atomic E-state index is 2.33. The summed E-state index contributed by atoms with van der Waals surface area (Å²) in [7, 11) is 0. The first-order valence-electron chi connectivity index (χ1n) is 20.8. The molecule has 0 fully saturated rings. The minimum Gasteiger partial charge on any atom is -0.354 e. The Kier molecular flexibility index (Phi) is 14.8. The lowest BCUT2D eigenvalue weighted by Gasteiger charge is -2.24. The molecule has 0 N–H and O–H groups in total. The van der Waals surface area contributed by atoms with Crippen LogP contribution in [0.15, 0.2) is 219 Å². The zero-order valence-corrected chi connectivity index (χ0v) is 36.5. The summed E-state index contributed by atoms with van der Waals surface area (Å²) in [6.45, 7) is 7.19. The van der Waals surface area contributed by atoms with E-state index in [-0.39, 0.29) is 24.8 Å². The van der Waals surface area contributed by atoms with E-state index in [9.17, 15) is 0 Å². The van der Waals surface area contributed by atoms with Gasteiger partial charge in [-0.1, -0.05) is 133 Å². The topological polar surface area (TPSA) is 25.9 Å². The molecule has 0 saturated heterocycles. The smallest absolute Gasteiger partial charge is 0.0945 e. The van der Waals surface area contributed by atoms with Crippen molar-refractivity contribution in [2.75, 3.05) is 46.3 Å². The summed E-state index contributed by atoms with van der Waals surface area (Å²) in [6, 6.07) is 60.0. The van der Waals surface area contributed by atoms with Crippen LogP contribution in [-0.2, 0) is 26.2 Å². The van der Waals surface area contributed by atoms with Gasteiger partial charge in [0.15, 0.2) is 0 Å². The molecular weight excluding hydrogens is 808 g/mol. The second-order valence-electron chi connectivity index (χ2n) is 15.6. The average molecular weight is 862 g/mol. The molecule has 4 aliphatic rings. The number of rotatable bonds is 12. The van der Waals surface area contributed by atoms with E-state index >= 15 is 0 Å². The molecule has 0 spiro atoms. The molecule has 8 nitrogen and oxygen atoms in total. The van der Waals surface area contributed by atoms with E-state index in [0.29, 0.717) is 0 Å². The summed E-state index contributed by atoms with van der Waals surface area (Å²) in [6.07, 6.45) is 17.4. The van der Waals surface area contributed by atoms with Gasteiger partial charge in [-0.15, -0.1) is 24.8 Å². The predicted octanol–water partition coefficient (Wildman–Crippen LogP) is 11.2. The van der Waals surface area contributed by atoms with Crippen LogP contribution in [0.4, 0.5) is 22.7 Å². The monoisotopic (exact) mass is 860 g/mol. The molecule has 0 aliphatic carbocycles. The molecule has 0 unspecified atom stereocenters. The van der Waals surface area contributed by atoms with Crippen LogP contribution in [0.25, 0.3) is 0 Å². The van der Waals surface area contributed by atoms with Crippen LogP contribution >= 0.6 is 24.8 Å². The standard InChI is InChI=1S/2C26H26N4.2ClH/c2*1-3-8-23(9-4-1)19-27-14-16-29(21-27)25-12-7-13-26(18-25)30-17-15-28(22-30)20-24-10-5-2-6-11-24;;/h2*1-18H,19-22H2;2*1H. The van der Waals surface area contributed by atoms with Crippen molar-refractivity contribution < 1.29 is 0 Å². The van der Waals surface area contributed by atoms with Crippen molar-refractivity contribution in [1.82, 2.24) is 19.6 Å². The van der Waals surface area contributed by atoms with Gasteiger partial charge >= 0.3 is 0 Å². The molecule has 4 heterocycles. The van der Waals surface area contributed by atoms with Crippen molar-refractivity contribution in [3.63, 3.8) is 0 Å². The van der Waals surface area contributed by atoms with E-state index < -0.39 is 0 Å². The normalized spacial score (nSPS) is 15.0. The first-order valence-corrected chi connectivity index (χ1v) is 20.8. The molecule has 0 saturated carbocycles. The van der Waals surface area contributed by atoms with Gasteiger partial charge in [0.2, 0.25) is 0 Å². The van der Waals surface area contributed by atoms with Crippen molar-refractivity contribution in [2.24, 2.45) is 0 Å². The highest BCUT2D eigenvalue weighted by Crippen LogP contribution is 2.30. The molecule has 0 bridgehead atoms. The summed E-state index contributed by atoms with van der Waals surface area (Å²) in [5.74, 6) is 0. The third-order valence-corrected chi connectivity index (χ3v) is 11.1. The lowest BCUT2D eigenvalue weighted by Crippen LogP contribution is -2.26. The van der Waals surface area contributed by atoms with E-state index in [4.69, 9.17) is 0 Å². The number of hydrogen-bond acceptors (Lipinski definition) is 8. The maximum atomic E-state index is 2.33. The van der Waals surface area contributed by atoms with Crippen LogP contribution in [0.1, 0.15) is 22.3 Å². The third kappa shape index (κ3) is 11.3. The van der Waals surface area contributed by atoms with Crippen LogP contribution in [0.3, 0.4) is 0 Å². The molecule has 62 heavy (non-hydrogen) atoms. The zero-order chi connectivity index (χ0) is 40.4. The minimum absolute atomic E-state index is 0. The lowest BCUT2D eigenvalue weighted by atomic mass is 10.2. The summed E-state index contributed by atoms with van der Waals surface area (Å²) in [5.41, 5.74) is 10.2. The Hall–Kier alpha value is -6.74. The first-order chi connectivity index (χ1) is 29.7. The Balaban J connectivity index is 0.000000181. The van der Waals surface area contributed by atoms with E-state index in [1.807, 2.05) is 0 Å². The van der Waals surface area contributed by atoms with Crippen LogP contribution in [0, 0.1) is 0 Å². The molecular formula is C52H54Cl2N8. The van der Waals surface area contributed by atoms with Gasteiger partial charge in [0.25, 0.3) is 0 Å². The number of hydrogen-bond donors (Lipinski definition) is 0. The summed E-state index contributed by atoms with van der Waals surface area (Å²) >= 11 is 0. The van der Waals surface area contributed by atoms with Crippen molar-refractivity contribution >= 4 is 47.6 Å². The van der Waals surface area contributed by atoms with Crippen molar-refractivity contribution in [3.05, 3.63) is 242 Å². The summed E-state index contributed by atoms with van der Waals surface area (Å²) in [4.78, 5) is 18.5. The molecule has 316 valence electrons. The molecule has 0 aromatic heterocycles. The predicted molar refractivity (Wildman–Crippen MR) is 261 cm³/mol. The van der Waals surface area contributed by atoms with Gasteiger partial charge < -0.3 is 39.2 Å². The molecule has 10 rings (SSSR count). The Bertz CT molecular complexity index is 2080. The second kappa shape index (κ2) is 21.2. The van der Waals surface area contributed by atoms with E-state index in [1.54, 1.807) is 0 Å². The molecule has 0 atom stereocenters. The number of halogens is 2. The highest BCUT2D eigenvalue weighted by Gasteiger charge is 2.20. The molecule has 0 amide bonds. The summed E-state index contributed by atoms with van der Waals surface area (Å²) < 4.78 is 0. The first kappa shape index (κ1) is 43.4. The Morgan fingerprint density at radius 3 is 0.710 bits per heavy atom. The fraction of sp³-hybridized carbons (Fsp3) is 0.154. The van der Waals surface area contributed by atoms with Gasteiger partial charge in [0, 0.05) is 98.5 Å². The number of nitrogens with zero attached hydrogens (tertiary/aromatic N) is 8. The van der Waals surface area contributed by atoms with Crippen LogP contribution in [-0.4, -0.2) is 46.3 Å². The van der Waals surface area contributed by atoms with Crippen molar-refractivity contribution in [1.29, 1.82) is 0 Å². The van der Waals surface area contributed by atoms with Crippen LogP contribution in [0.2, 0.25) is 0 Å². The third-order valence-electron chi connectivity index (χ3n) is 11.1. The van der Waals surface area contributed by atoms with E-state index in [0.717, 1.165) is 52.9 Å². The van der Waals surface area contributed by atoms with Gasteiger partial charge in [-0.3, -0.25) is 0 Å². The van der Waals surface area contributed by atoms with E-state index in [1.165, 1.54) is 45.0 Å². The molecule has 4 aliphatic heterocycles. The fourth-order valence-electron chi connectivity index (χ4n) is 7.91. The van der Waals surface area contributed by atoms with Gasteiger partial charge in [-0.05, 0) is 58.7 Å². The fourth-order valence-corrected chi connectivity index (χ4v) is 7.91. The highest BCUT2D eigenvalue weighted by molar-refractivity contribution is 5.85. The lowest BCUT2D eigenvalue weighted by molar-refractivity contribution is 0.399. The summed E-state index contributed by atoms with van der Waals surface area (Å²) in [5, 5.41) is 0. The largest absolute Gasteiger partial charge is 0.354 e. The maximum Gasteiger partial charge on any atom is 0.0945 e. The Labute approximate surface area is 379 Å². The van der Waals surface area contributed by atoms with E-state index in [2.05, 4.69) is 259 Å². The van der Waals surface area contributed by atoms with Gasteiger partial charge in [-0.25, -0.2) is 0 Å². The highest BCUT2D eigenvalue weighted by atomic mass is 35.5. The quantitative estimate of drug-likeness (QED) is 0.120. The molecule has 6 aromatic rings. The minimum atomic E-state index is 0. The van der Waals surface area contributed by atoms with Gasteiger partial charge in [0.05, 0.1) is 26.7 Å². The number of benzene rings is 6. The van der Waals surface area contributed by atoms with Gasteiger partial charge in [-0.2, -0.15) is 0 Å². The Morgan fingerprint density at radius 2 is 0.484 bits per heavy atom. The molecule has 10 heteroatoms. The SMILES string of the molecule is C1=CN(c2cccc(N3C=CN(Cc4ccccc4)C3)c2)CN1Cc1ccccc1.C1=CN(c2cccc(N3C=CN(Cc4ccccc4)C3)c2)CN1Cc1ccccc1.Cl.Cl. The number of anilines is 4. The van der Waals surface area contributed by atoms with Gasteiger partial charge in [0.1, 0.15) is 0 Å².